The average Bonchev–Trinajstić information content (AvgIpc) is 3.18. The van der Waals surface area contributed by atoms with Crippen molar-refractivity contribution >= 4 is 11.0 Å². The van der Waals surface area contributed by atoms with Gasteiger partial charge in [0.15, 0.2) is 0 Å². The van der Waals surface area contributed by atoms with E-state index in [1.165, 1.54) is 24.8 Å². The molecule has 4 heteroatoms. The van der Waals surface area contributed by atoms with Gasteiger partial charge in [0.2, 0.25) is 0 Å². The molecule has 0 saturated heterocycles. The van der Waals surface area contributed by atoms with Crippen LogP contribution in [-0.2, 0) is 5.41 Å². The molecular formula is C26H29N3O. The standard InChI is InChI=1S/C26H29N3O/c1-4-5-10-17-26(2,3)19-15-16-20(21-11-6-9-14-25(21)30)24(18-19)29-27-22-12-7-8-13-23(22)28-29/h6-9,11-16,18,30H,4-5,10,17H2,1-3H3. The molecule has 154 valence electrons. The third kappa shape index (κ3) is 3.95. The van der Waals surface area contributed by atoms with Crippen LogP contribution in [0.5, 0.6) is 5.75 Å². The topological polar surface area (TPSA) is 50.9 Å². The molecular weight excluding hydrogens is 370 g/mol. The molecule has 0 unspecified atom stereocenters. The van der Waals surface area contributed by atoms with Gasteiger partial charge in [-0.05, 0) is 41.7 Å². The highest BCUT2D eigenvalue weighted by atomic mass is 16.3. The van der Waals surface area contributed by atoms with Crippen LogP contribution in [0.4, 0.5) is 0 Å². The van der Waals surface area contributed by atoms with Gasteiger partial charge in [-0.3, -0.25) is 0 Å². The molecule has 3 aromatic carbocycles. The lowest BCUT2D eigenvalue weighted by atomic mass is 9.79. The number of aromatic hydroxyl groups is 1. The fraction of sp³-hybridized carbons (Fsp3) is 0.308. The number of phenols is 1. The molecule has 1 N–H and O–H groups in total. The number of nitrogens with zero attached hydrogens (tertiary/aromatic N) is 3. The van der Waals surface area contributed by atoms with Gasteiger partial charge < -0.3 is 5.11 Å². The van der Waals surface area contributed by atoms with E-state index in [9.17, 15) is 5.11 Å². The van der Waals surface area contributed by atoms with Crippen molar-refractivity contribution in [1.29, 1.82) is 0 Å². The first-order chi connectivity index (χ1) is 14.5. The first kappa shape index (κ1) is 20.1. The maximum absolute atomic E-state index is 10.5. The number of hydrogen-bond donors (Lipinski definition) is 1. The molecule has 0 fully saturated rings. The number of benzene rings is 3. The first-order valence-corrected chi connectivity index (χ1v) is 10.7. The quantitative estimate of drug-likeness (QED) is 0.354. The van der Waals surface area contributed by atoms with Crippen LogP contribution in [0.3, 0.4) is 0 Å². The van der Waals surface area contributed by atoms with E-state index in [4.69, 9.17) is 10.2 Å². The molecule has 30 heavy (non-hydrogen) atoms. The fourth-order valence-electron chi connectivity index (χ4n) is 3.98. The summed E-state index contributed by atoms with van der Waals surface area (Å²) >= 11 is 0. The molecule has 0 aliphatic rings. The van der Waals surface area contributed by atoms with Crippen molar-refractivity contribution in [3.8, 4) is 22.6 Å². The minimum atomic E-state index is 0.0494. The Kier molecular flexibility index (Phi) is 5.58. The normalized spacial score (nSPS) is 11.8. The van der Waals surface area contributed by atoms with Crippen LogP contribution in [0.15, 0.2) is 66.7 Å². The molecule has 0 saturated carbocycles. The highest BCUT2D eigenvalue weighted by molar-refractivity contribution is 5.79. The zero-order valence-corrected chi connectivity index (χ0v) is 18.0. The van der Waals surface area contributed by atoms with Gasteiger partial charge in [-0.25, -0.2) is 0 Å². The van der Waals surface area contributed by atoms with Crippen molar-refractivity contribution in [2.45, 2.75) is 51.9 Å². The summed E-state index contributed by atoms with van der Waals surface area (Å²) in [6.45, 7) is 6.84. The Morgan fingerprint density at radius 3 is 2.17 bits per heavy atom. The third-order valence-corrected chi connectivity index (χ3v) is 5.88. The smallest absolute Gasteiger partial charge is 0.123 e. The van der Waals surface area contributed by atoms with Crippen LogP contribution in [0.2, 0.25) is 0 Å². The van der Waals surface area contributed by atoms with Crippen LogP contribution in [0.25, 0.3) is 27.8 Å². The van der Waals surface area contributed by atoms with Gasteiger partial charge in [-0.15, -0.1) is 15.0 Å². The lowest BCUT2D eigenvalue weighted by Gasteiger charge is -2.26. The van der Waals surface area contributed by atoms with Crippen molar-refractivity contribution in [3.63, 3.8) is 0 Å². The summed E-state index contributed by atoms with van der Waals surface area (Å²) in [4.78, 5) is 1.71. The van der Waals surface area contributed by atoms with E-state index in [1.807, 2.05) is 42.5 Å². The van der Waals surface area contributed by atoms with Crippen LogP contribution in [0, 0.1) is 0 Å². The highest BCUT2D eigenvalue weighted by Gasteiger charge is 2.23. The van der Waals surface area contributed by atoms with Crippen LogP contribution in [0.1, 0.15) is 52.0 Å². The van der Waals surface area contributed by atoms with Crippen LogP contribution >= 0.6 is 0 Å². The first-order valence-electron chi connectivity index (χ1n) is 10.7. The molecule has 0 atom stereocenters. The van der Waals surface area contributed by atoms with Crippen molar-refractivity contribution < 1.29 is 5.11 Å². The minimum Gasteiger partial charge on any atom is -0.507 e. The number of rotatable bonds is 7. The predicted molar refractivity (Wildman–Crippen MR) is 123 cm³/mol. The summed E-state index contributed by atoms with van der Waals surface area (Å²) in [6.07, 6.45) is 4.81. The minimum absolute atomic E-state index is 0.0494. The van der Waals surface area contributed by atoms with E-state index in [2.05, 4.69) is 39.0 Å². The number of para-hydroxylation sites is 1. The molecule has 4 nitrogen and oxygen atoms in total. The summed E-state index contributed by atoms with van der Waals surface area (Å²) < 4.78 is 0. The molecule has 1 heterocycles. The Morgan fingerprint density at radius 2 is 1.50 bits per heavy atom. The Bertz CT molecular complexity index is 1130. The zero-order chi connectivity index (χ0) is 21.1. The maximum Gasteiger partial charge on any atom is 0.123 e. The number of unbranched alkanes of at least 4 members (excludes halogenated alkanes) is 2. The second-order valence-corrected chi connectivity index (χ2v) is 8.57. The van der Waals surface area contributed by atoms with Gasteiger partial charge in [-0.2, -0.15) is 0 Å². The van der Waals surface area contributed by atoms with E-state index < -0.39 is 0 Å². The Morgan fingerprint density at radius 1 is 0.833 bits per heavy atom. The largest absolute Gasteiger partial charge is 0.507 e. The molecule has 4 aromatic rings. The van der Waals surface area contributed by atoms with Gasteiger partial charge in [0, 0.05) is 11.1 Å². The van der Waals surface area contributed by atoms with Crippen LogP contribution < -0.4 is 0 Å². The van der Waals surface area contributed by atoms with Gasteiger partial charge in [0.05, 0.1) is 5.69 Å². The SMILES string of the molecule is CCCCCC(C)(C)c1ccc(-c2ccccc2O)c(-n2nc3ccccc3n2)c1. The summed E-state index contributed by atoms with van der Waals surface area (Å²) in [5.41, 5.74) is 5.60. The number of phenolic OH excluding ortho intramolecular Hbond substituents is 1. The predicted octanol–water partition coefficient (Wildman–Crippen LogP) is 6.65. The van der Waals surface area contributed by atoms with Gasteiger partial charge in [-0.1, -0.05) is 82.5 Å². The van der Waals surface area contributed by atoms with Crippen molar-refractivity contribution in [2.75, 3.05) is 0 Å². The van der Waals surface area contributed by atoms with E-state index in [0.29, 0.717) is 0 Å². The number of aromatic nitrogens is 3. The lowest BCUT2D eigenvalue weighted by Crippen LogP contribution is -2.18. The van der Waals surface area contributed by atoms with Gasteiger partial charge in [0.25, 0.3) is 0 Å². The molecule has 4 rings (SSSR count). The summed E-state index contributed by atoms with van der Waals surface area (Å²) in [5, 5.41) is 19.9. The molecule has 0 spiro atoms. The highest BCUT2D eigenvalue weighted by Crippen LogP contribution is 2.37. The Balaban J connectivity index is 1.86. The molecule has 0 radical (unpaired) electrons. The Hall–Kier alpha value is -3.14. The number of hydrogen-bond acceptors (Lipinski definition) is 3. The van der Waals surface area contributed by atoms with Gasteiger partial charge in [0.1, 0.15) is 16.8 Å². The molecule has 1 aromatic heterocycles. The van der Waals surface area contributed by atoms with Crippen molar-refractivity contribution in [2.24, 2.45) is 0 Å². The maximum atomic E-state index is 10.5. The number of fused-ring (bicyclic) bond motifs is 1. The van der Waals surface area contributed by atoms with E-state index in [-0.39, 0.29) is 11.2 Å². The fourth-order valence-corrected chi connectivity index (χ4v) is 3.98. The third-order valence-electron chi connectivity index (χ3n) is 5.88. The van der Waals surface area contributed by atoms with Crippen molar-refractivity contribution in [1.82, 2.24) is 15.0 Å². The zero-order valence-electron chi connectivity index (χ0n) is 18.0. The molecule has 0 aliphatic heterocycles. The Labute approximate surface area is 178 Å². The molecule has 0 bridgehead atoms. The van der Waals surface area contributed by atoms with E-state index in [1.54, 1.807) is 10.9 Å². The lowest BCUT2D eigenvalue weighted by molar-refractivity contribution is 0.450. The summed E-state index contributed by atoms with van der Waals surface area (Å²) in [7, 11) is 0. The van der Waals surface area contributed by atoms with Crippen LogP contribution in [-0.4, -0.2) is 20.1 Å². The van der Waals surface area contributed by atoms with Crippen molar-refractivity contribution in [3.05, 3.63) is 72.3 Å². The second-order valence-electron chi connectivity index (χ2n) is 8.57. The van der Waals surface area contributed by atoms with E-state index in [0.717, 1.165) is 34.3 Å². The summed E-state index contributed by atoms with van der Waals surface area (Å²) in [5.74, 6) is 0.255. The monoisotopic (exact) mass is 399 g/mol. The van der Waals surface area contributed by atoms with Gasteiger partial charge >= 0.3 is 0 Å². The average molecular weight is 400 g/mol. The molecule has 0 amide bonds. The second kappa shape index (κ2) is 8.31. The summed E-state index contributed by atoms with van der Waals surface area (Å²) in [6, 6.07) is 21.8. The van der Waals surface area contributed by atoms with E-state index >= 15 is 0 Å². The molecule has 0 aliphatic carbocycles.